The normalized spacial score (nSPS) is 10.9. The highest BCUT2D eigenvalue weighted by Crippen LogP contribution is 2.39. The fraction of sp³-hybridized carbons (Fsp3) is 0.0455. The third kappa shape index (κ3) is 3.56. The van der Waals surface area contributed by atoms with Crippen molar-refractivity contribution < 1.29 is 9.18 Å². The molecule has 0 bridgehead atoms. The molecule has 0 aliphatic carbocycles. The molecule has 30 heavy (non-hydrogen) atoms. The lowest BCUT2D eigenvalue weighted by Crippen LogP contribution is -2.19. The Balaban J connectivity index is 1.83. The monoisotopic (exact) mass is 441 g/mol. The van der Waals surface area contributed by atoms with Crippen molar-refractivity contribution in [2.24, 2.45) is 7.05 Å². The first-order valence-electron chi connectivity index (χ1n) is 8.86. The van der Waals surface area contributed by atoms with E-state index in [0.717, 1.165) is 11.5 Å². The van der Waals surface area contributed by atoms with Crippen molar-refractivity contribution in [2.75, 3.05) is 5.32 Å². The maximum Gasteiger partial charge on any atom is 0.258 e. The molecule has 0 aliphatic rings. The van der Waals surface area contributed by atoms with E-state index < -0.39 is 11.7 Å². The van der Waals surface area contributed by atoms with E-state index in [1.165, 1.54) is 34.9 Å². The minimum Gasteiger partial charge on any atom is -0.321 e. The van der Waals surface area contributed by atoms with Gasteiger partial charge in [0.2, 0.25) is 0 Å². The van der Waals surface area contributed by atoms with Crippen molar-refractivity contribution in [3.63, 3.8) is 0 Å². The number of benzene rings is 2. The molecule has 0 spiro atoms. The van der Waals surface area contributed by atoms with Gasteiger partial charge in [-0.2, -0.15) is 0 Å². The molecule has 0 saturated heterocycles. The van der Waals surface area contributed by atoms with Crippen molar-refractivity contribution in [2.45, 2.75) is 0 Å². The van der Waals surface area contributed by atoms with Crippen LogP contribution in [0.3, 0.4) is 0 Å². The first-order valence-corrected chi connectivity index (χ1v) is 9.61. The van der Waals surface area contributed by atoms with Gasteiger partial charge >= 0.3 is 0 Å². The lowest BCUT2D eigenvalue weighted by Gasteiger charge is -2.14. The van der Waals surface area contributed by atoms with Crippen molar-refractivity contribution in [1.82, 2.24) is 9.55 Å². The molecular formula is C22H14Cl2FN3O2. The number of aromatic nitrogens is 2. The SMILES string of the molecule is Cn1c(=O)c(-c2c(Cl)ccc(NC(=O)c3cccc(F)c3)c2Cl)cc2cnccc21. The van der Waals surface area contributed by atoms with Gasteiger partial charge in [0.1, 0.15) is 5.82 Å². The number of halogens is 3. The molecule has 2 aromatic carbocycles. The Morgan fingerprint density at radius 3 is 2.70 bits per heavy atom. The number of anilines is 1. The molecule has 0 unspecified atom stereocenters. The van der Waals surface area contributed by atoms with Crippen molar-refractivity contribution in [1.29, 1.82) is 0 Å². The summed E-state index contributed by atoms with van der Waals surface area (Å²) in [5.74, 6) is -1.07. The fourth-order valence-corrected chi connectivity index (χ4v) is 3.84. The van der Waals surface area contributed by atoms with Crippen LogP contribution in [0.15, 0.2) is 65.7 Å². The van der Waals surface area contributed by atoms with Gasteiger partial charge in [0.15, 0.2) is 0 Å². The molecule has 0 atom stereocenters. The van der Waals surface area contributed by atoms with Crippen LogP contribution >= 0.6 is 23.2 Å². The maximum atomic E-state index is 13.4. The van der Waals surface area contributed by atoms with E-state index in [4.69, 9.17) is 23.2 Å². The molecule has 1 N–H and O–H groups in total. The first kappa shape index (κ1) is 20.1. The van der Waals surface area contributed by atoms with Gasteiger partial charge in [-0.3, -0.25) is 14.6 Å². The second-order valence-electron chi connectivity index (χ2n) is 6.61. The van der Waals surface area contributed by atoms with Crippen LogP contribution in [0.4, 0.5) is 10.1 Å². The molecule has 4 aromatic rings. The molecule has 8 heteroatoms. The van der Waals surface area contributed by atoms with Gasteiger partial charge in [-0.05, 0) is 42.5 Å². The summed E-state index contributed by atoms with van der Waals surface area (Å²) in [6, 6.07) is 11.7. The molecule has 1 amide bonds. The number of pyridine rings is 2. The van der Waals surface area contributed by atoms with Crippen molar-refractivity contribution in [3.05, 3.63) is 92.7 Å². The second-order valence-corrected chi connectivity index (χ2v) is 7.39. The van der Waals surface area contributed by atoms with E-state index in [0.29, 0.717) is 11.1 Å². The lowest BCUT2D eigenvalue weighted by molar-refractivity contribution is 0.102. The number of carbonyl (C=O) groups is 1. The van der Waals surface area contributed by atoms with Crippen LogP contribution in [0, 0.1) is 5.82 Å². The summed E-state index contributed by atoms with van der Waals surface area (Å²) in [6.07, 6.45) is 3.24. The smallest absolute Gasteiger partial charge is 0.258 e. The number of aryl methyl sites for hydroxylation is 1. The summed E-state index contributed by atoms with van der Waals surface area (Å²) >= 11 is 12.9. The molecular weight excluding hydrogens is 428 g/mol. The lowest BCUT2D eigenvalue weighted by atomic mass is 10.0. The van der Waals surface area contributed by atoms with Gasteiger partial charge in [-0.1, -0.05) is 29.3 Å². The highest BCUT2D eigenvalue weighted by Gasteiger charge is 2.19. The molecule has 5 nitrogen and oxygen atoms in total. The van der Waals surface area contributed by atoms with Crippen LogP contribution in [-0.4, -0.2) is 15.5 Å². The zero-order valence-corrected chi connectivity index (χ0v) is 17.1. The Morgan fingerprint density at radius 1 is 1.13 bits per heavy atom. The molecule has 0 radical (unpaired) electrons. The molecule has 2 heterocycles. The Kier molecular flexibility index (Phi) is 5.28. The molecule has 0 aliphatic heterocycles. The van der Waals surface area contributed by atoms with Gasteiger partial charge in [-0.15, -0.1) is 0 Å². The third-order valence-corrected chi connectivity index (χ3v) is 5.43. The molecule has 0 saturated carbocycles. The van der Waals surface area contributed by atoms with Crippen LogP contribution in [0.1, 0.15) is 10.4 Å². The van der Waals surface area contributed by atoms with Gasteiger partial charge in [0, 0.05) is 36.0 Å². The largest absolute Gasteiger partial charge is 0.321 e. The van der Waals surface area contributed by atoms with E-state index in [2.05, 4.69) is 10.3 Å². The summed E-state index contributed by atoms with van der Waals surface area (Å²) in [5.41, 5.74) is 1.36. The number of amides is 1. The van der Waals surface area contributed by atoms with Crippen LogP contribution in [-0.2, 0) is 7.05 Å². The number of rotatable bonds is 3. The van der Waals surface area contributed by atoms with Crippen LogP contribution in [0.5, 0.6) is 0 Å². The molecule has 4 rings (SSSR count). The molecule has 150 valence electrons. The summed E-state index contributed by atoms with van der Waals surface area (Å²) < 4.78 is 14.9. The first-order chi connectivity index (χ1) is 14.4. The zero-order valence-electron chi connectivity index (χ0n) is 15.6. The fourth-order valence-electron chi connectivity index (χ4n) is 3.22. The third-order valence-electron chi connectivity index (χ3n) is 4.72. The average Bonchev–Trinajstić information content (AvgIpc) is 2.73. The number of nitrogens with one attached hydrogen (secondary N) is 1. The summed E-state index contributed by atoms with van der Waals surface area (Å²) in [4.78, 5) is 29.6. The maximum absolute atomic E-state index is 13.4. The summed E-state index contributed by atoms with van der Waals surface area (Å²) in [6.45, 7) is 0. The number of hydrogen-bond donors (Lipinski definition) is 1. The highest BCUT2D eigenvalue weighted by molar-refractivity contribution is 6.41. The van der Waals surface area contributed by atoms with Crippen LogP contribution in [0.25, 0.3) is 22.0 Å². The summed E-state index contributed by atoms with van der Waals surface area (Å²) in [5, 5.41) is 3.74. The number of fused-ring (bicyclic) bond motifs is 1. The van der Waals surface area contributed by atoms with Gasteiger partial charge in [0.25, 0.3) is 11.5 Å². The zero-order chi connectivity index (χ0) is 21.4. The second kappa shape index (κ2) is 7.89. The average molecular weight is 442 g/mol. The van der Waals surface area contributed by atoms with Gasteiger partial charge in [-0.25, -0.2) is 4.39 Å². The van der Waals surface area contributed by atoms with Crippen molar-refractivity contribution >= 4 is 45.7 Å². The Labute approximate surface area is 180 Å². The number of nitrogens with zero attached hydrogens (tertiary/aromatic N) is 2. The van der Waals surface area contributed by atoms with E-state index in [1.54, 1.807) is 31.6 Å². The van der Waals surface area contributed by atoms with E-state index in [9.17, 15) is 14.0 Å². The van der Waals surface area contributed by atoms with Crippen LogP contribution in [0.2, 0.25) is 10.0 Å². The van der Waals surface area contributed by atoms with Crippen LogP contribution < -0.4 is 10.9 Å². The number of carbonyl (C=O) groups excluding carboxylic acids is 1. The van der Waals surface area contributed by atoms with Crippen molar-refractivity contribution in [3.8, 4) is 11.1 Å². The van der Waals surface area contributed by atoms with E-state index in [-0.39, 0.29) is 32.4 Å². The van der Waals surface area contributed by atoms with Gasteiger partial charge in [0.05, 0.1) is 26.8 Å². The number of hydrogen-bond acceptors (Lipinski definition) is 3. The van der Waals surface area contributed by atoms with E-state index >= 15 is 0 Å². The van der Waals surface area contributed by atoms with Gasteiger partial charge < -0.3 is 9.88 Å². The Hall–Kier alpha value is -3.22. The summed E-state index contributed by atoms with van der Waals surface area (Å²) in [7, 11) is 1.64. The quantitative estimate of drug-likeness (QED) is 0.469. The standard InChI is InChI=1S/C22H14Cl2FN3O2/c1-28-18-7-8-26-11-13(18)10-15(22(28)30)19-16(23)5-6-17(20(19)24)27-21(29)12-3-2-4-14(25)9-12/h2-11H,1H3,(H,27,29). The molecule has 2 aromatic heterocycles. The molecule has 0 fully saturated rings. The van der Waals surface area contributed by atoms with E-state index in [1.807, 2.05) is 0 Å². The Bertz CT molecular complexity index is 1370. The minimum absolute atomic E-state index is 0.104. The Morgan fingerprint density at radius 2 is 1.93 bits per heavy atom. The highest BCUT2D eigenvalue weighted by atomic mass is 35.5. The predicted octanol–water partition coefficient (Wildman–Crippen LogP) is 5.30. The minimum atomic E-state index is -0.541. The topological polar surface area (TPSA) is 64.0 Å². The predicted molar refractivity (Wildman–Crippen MR) is 117 cm³/mol.